The normalized spacial score (nSPS) is 12.2. The summed E-state index contributed by atoms with van der Waals surface area (Å²) in [5.74, 6) is -0.893. The number of ether oxygens (including phenoxy) is 3. The van der Waals surface area contributed by atoms with Crippen LogP contribution in [-0.4, -0.2) is 37.2 Å². The van der Waals surface area contributed by atoms with E-state index in [1.54, 1.807) is 0 Å². The van der Waals surface area contributed by atoms with Crippen molar-refractivity contribution in [2.45, 2.75) is 297 Å². The largest absolute Gasteiger partial charge is 0.462 e. The molecule has 368 valence electrons. The smallest absolute Gasteiger partial charge is 0.306 e. The minimum absolute atomic E-state index is 0.0784. The van der Waals surface area contributed by atoms with Crippen molar-refractivity contribution in [3.05, 3.63) is 36.5 Å². The molecule has 6 heteroatoms. The topological polar surface area (TPSA) is 78.9 Å². The van der Waals surface area contributed by atoms with E-state index < -0.39 is 6.10 Å². The zero-order chi connectivity index (χ0) is 45.8. The summed E-state index contributed by atoms with van der Waals surface area (Å²) in [7, 11) is 0. The van der Waals surface area contributed by atoms with Crippen LogP contribution in [0, 0.1) is 0 Å². The van der Waals surface area contributed by atoms with E-state index in [4.69, 9.17) is 14.2 Å². The quantitative estimate of drug-likeness (QED) is 0.0199. The average Bonchev–Trinajstić information content (AvgIpc) is 3.28. The number of rotatable bonds is 50. The Hall–Kier alpha value is -2.37. The van der Waals surface area contributed by atoms with Crippen LogP contribution in [0.5, 0.6) is 0 Å². The van der Waals surface area contributed by atoms with E-state index in [9.17, 15) is 14.4 Å². The summed E-state index contributed by atoms with van der Waals surface area (Å²) in [6, 6.07) is 0. The highest BCUT2D eigenvalue weighted by Gasteiger charge is 2.19. The molecule has 1 unspecified atom stereocenters. The van der Waals surface area contributed by atoms with Gasteiger partial charge in [0.15, 0.2) is 6.10 Å². The van der Waals surface area contributed by atoms with E-state index in [0.29, 0.717) is 19.3 Å². The predicted molar refractivity (Wildman–Crippen MR) is 270 cm³/mol. The number of carbonyl (C=O) groups excluding carboxylic acids is 3. The van der Waals surface area contributed by atoms with Gasteiger partial charge in [0, 0.05) is 19.3 Å². The third kappa shape index (κ3) is 50.5. The molecule has 0 spiro atoms. The van der Waals surface area contributed by atoms with Crippen LogP contribution in [0.25, 0.3) is 0 Å². The summed E-state index contributed by atoms with van der Waals surface area (Å²) in [6.07, 6.45) is 61.3. The zero-order valence-electron chi connectivity index (χ0n) is 42.1. The molecule has 0 bridgehead atoms. The predicted octanol–water partition coefficient (Wildman–Crippen LogP) is 18.1. The first-order valence-corrected chi connectivity index (χ1v) is 27.5. The molecule has 0 aromatic carbocycles. The zero-order valence-corrected chi connectivity index (χ0v) is 42.1. The lowest BCUT2D eigenvalue weighted by Crippen LogP contribution is -2.30. The Labute approximate surface area is 391 Å². The van der Waals surface area contributed by atoms with Crippen LogP contribution in [0.3, 0.4) is 0 Å². The maximum absolute atomic E-state index is 12.8. The Morgan fingerprint density at radius 3 is 0.937 bits per heavy atom. The molecule has 0 fully saturated rings. The molecule has 0 saturated carbocycles. The highest BCUT2D eigenvalue weighted by Crippen LogP contribution is 2.16. The van der Waals surface area contributed by atoms with Crippen LogP contribution in [0.1, 0.15) is 290 Å². The molecule has 0 rings (SSSR count). The van der Waals surface area contributed by atoms with Crippen LogP contribution < -0.4 is 0 Å². The van der Waals surface area contributed by atoms with Crippen molar-refractivity contribution >= 4 is 17.9 Å². The standard InChI is InChI=1S/C57H104O6/c1-4-7-10-13-16-19-22-25-28-30-32-35-38-41-44-47-50-56(59)62-53-54(52-61-55(58)49-46-43-40-37-34-31-27-24-21-18-15-12-9-6-3)63-57(60)51-48-45-42-39-36-33-29-26-23-20-17-14-11-8-5-2/h17,20,23,26,31,34,54H,4-16,18-19,21-22,24-25,27-30,32-33,35-53H2,1-3H3/b20-17-,26-23-,34-31-. The van der Waals surface area contributed by atoms with Gasteiger partial charge < -0.3 is 14.2 Å². The highest BCUT2D eigenvalue weighted by atomic mass is 16.6. The lowest BCUT2D eigenvalue weighted by Gasteiger charge is -2.18. The van der Waals surface area contributed by atoms with Crippen molar-refractivity contribution < 1.29 is 28.6 Å². The van der Waals surface area contributed by atoms with E-state index >= 15 is 0 Å². The number of unbranched alkanes of at least 4 members (excludes halogenated alkanes) is 34. The molecule has 0 N–H and O–H groups in total. The van der Waals surface area contributed by atoms with Gasteiger partial charge in [0.25, 0.3) is 0 Å². The molecule has 0 aromatic rings. The second-order valence-corrected chi connectivity index (χ2v) is 18.5. The second-order valence-electron chi connectivity index (χ2n) is 18.5. The van der Waals surface area contributed by atoms with Gasteiger partial charge in [0.2, 0.25) is 0 Å². The monoisotopic (exact) mass is 885 g/mol. The first-order chi connectivity index (χ1) is 31.0. The van der Waals surface area contributed by atoms with E-state index in [1.165, 1.54) is 173 Å². The second kappa shape index (κ2) is 52.3. The number of hydrogen-bond donors (Lipinski definition) is 0. The summed E-state index contributed by atoms with van der Waals surface area (Å²) >= 11 is 0. The lowest BCUT2D eigenvalue weighted by molar-refractivity contribution is -0.167. The van der Waals surface area contributed by atoms with Crippen LogP contribution in [0.15, 0.2) is 36.5 Å². The molecule has 0 aliphatic carbocycles. The van der Waals surface area contributed by atoms with E-state index in [0.717, 1.165) is 77.0 Å². The van der Waals surface area contributed by atoms with Gasteiger partial charge in [0.1, 0.15) is 13.2 Å². The van der Waals surface area contributed by atoms with Gasteiger partial charge in [-0.1, -0.05) is 237 Å². The number of esters is 3. The van der Waals surface area contributed by atoms with Crippen molar-refractivity contribution in [1.29, 1.82) is 0 Å². The third-order valence-electron chi connectivity index (χ3n) is 12.1. The Morgan fingerprint density at radius 2 is 0.571 bits per heavy atom. The first kappa shape index (κ1) is 60.6. The lowest BCUT2D eigenvalue weighted by atomic mass is 10.0. The minimum Gasteiger partial charge on any atom is -0.462 e. The van der Waals surface area contributed by atoms with Gasteiger partial charge in [-0.15, -0.1) is 0 Å². The molecule has 0 radical (unpaired) electrons. The Morgan fingerprint density at radius 1 is 0.317 bits per heavy atom. The molecular formula is C57H104O6. The molecule has 0 heterocycles. The molecular weight excluding hydrogens is 781 g/mol. The van der Waals surface area contributed by atoms with Crippen LogP contribution in [-0.2, 0) is 28.6 Å². The molecule has 0 saturated heterocycles. The molecule has 1 atom stereocenters. The Bertz CT molecular complexity index is 1060. The number of allylic oxidation sites excluding steroid dienone is 6. The van der Waals surface area contributed by atoms with Crippen LogP contribution in [0.2, 0.25) is 0 Å². The van der Waals surface area contributed by atoms with Crippen molar-refractivity contribution in [3.63, 3.8) is 0 Å². The van der Waals surface area contributed by atoms with Crippen molar-refractivity contribution in [1.82, 2.24) is 0 Å². The number of carbonyl (C=O) groups is 3. The fourth-order valence-electron chi connectivity index (χ4n) is 7.96. The van der Waals surface area contributed by atoms with Gasteiger partial charge >= 0.3 is 17.9 Å². The Kier molecular flexibility index (Phi) is 50.3. The molecule has 0 aromatic heterocycles. The maximum atomic E-state index is 12.8. The van der Waals surface area contributed by atoms with Crippen LogP contribution in [0.4, 0.5) is 0 Å². The first-order valence-electron chi connectivity index (χ1n) is 27.5. The van der Waals surface area contributed by atoms with Gasteiger partial charge in [-0.05, 0) is 70.6 Å². The van der Waals surface area contributed by atoms with E-state index in [2.05, 4.69) is 57.2 Å². The molecule has 6 nitrogen and oxygen atoms in total. The van der Waals surface area contributed by atoms with Gasteiger partial charge in [0.05, 0.1) is 0 Å². The fraction of sp³-hybridized carbons (Fsp3) is 0.842. The summed E-state index contributed by atoms with van der Waals surface area (Å²) in [5.41, 5.74) is 0. The van der Waals surface area contributed by atoms with Gasteiger partial charge in [-0.2, -0.15) is 0 Å². The molecule has 0 aliphatic heterocycles. The minimum atomic E-state index is -0.781. The summed E-state index contributed by atoms with van der Waals surface area (Å²) in [5, 5.41) is 0. The highest BCUT2D eigenvalue weighted by molar-refractivity contribution is 5.71. The third-order valence-corrected chi connectivity index (χ3v) is 12.1. The van der Waals surface area contributed by atoms with Gasteiger partial charge in [-0.3, -0.25) is 14.4 Å². The fourth-order valence-corrected chi connectivity index (χ4v) is 7.96. The molecule has 0 aliphatic rings. The van der Waals surface area contributed by atoms with Gasteiger partial charge in [-0.25, -0.2) is 0 Å². The van der Waals surface area contributed by atoms with Crippen molar-refractivity contribution in [3.8, 4) is 0 Å². The average molecular weight is 885 g/mol. The summed E-state index contributed by atoms with van der Waals surface area (Å²) < 4.78 is 16.8. The summed E-state index contributed by atoms with van der Waals surface area (Å²) in [6.45, 7) is 6.61. The van der Waals surface area contributed by atoms with E-state index in [-0.39, 0.29) is 31.1 Å². The SMILES string of the molecule is CCCCC/C=C\C=C/CCCCCCCCC(=O)OC(COC(=O)CCCCC/C=C\CCCCCCCCC)COC(=O)CCCCCCCCCCCCCCCCCC. The van der Waals surface area contributed by atoms with E-state index in [1.807, 2.05) is 0 Å². The van der Waals surface area contributed by atoms with Crippen molar-refractivity contribution in [2.75, 3.05) is 13.2 Å². The Balaban J connectivity index is 4.38. The maximum Gasteiger partial charge on any atom is 0.306 e. The molecule has 0 amide bonds. The number of hydrogen-bond acceptors (Lipinski definition) is 6. The van der Waals surface area contributed by atoms with Crippen molar-refractivity contribution in [2.24, 2.45) is 0 Å². The van der Waals surface area contributed by atoms with Crippen LogP contribution >= 0.6 is 0 Å². The molecule has 63 heavy (non-hydrogen) atoms. The summed E-state index contributed by atoms with van der Waals surface area (Å²) in [4.78, 5) is 38.0.